The highest BCUT2D eigenvalue weighted by atomic mass is 16.3. The molecule has 14 rings (SSSR count). The Morgan fingerprint density at radius 1 is 0.275 bits per heavy atom. The van der Waals surface area contributed by atoms with Crippen LogP contribution in [0, 0.1) is 0 Å². The van der Waals surface area contributed by atoms with Gasteiger partial charge in [0.25, 0.3) is 0 Å². The number of anilines is 6. The molecule has 0 saturated carbocycles. The zero-order chi connectivity index (χ0) is 45.5. The van der Waals surface area contributed by atoms with Crippen LogP contribution in [0.1, 0.15) is 22.3 Å². The Hall–Kier alpha value is -9.12. The van der Waals surface area contributed by atoms with E-state index in [0.717, 1.165) is 83.4 Å². The largest absolute Gasteiger partial charge is 0.456 e. The van der Waals surface area contributed by atoms with Crippen molar-refractivity contribution in [3.63, 3.8) is 0 Å². The summed E-state index contributed by atoms with van der Waals surface area (Å²) >= 11 is 0. The Bertz CT molecular complexity index is 4040. The average molecular weight is 883 g/mol. The third-order valence-corrected chi connectivity index (χ3v) is 14.3. The first kappa shape index (κ1) is 39.1. The molecule has 0 saturated heterocycles. The van der Waals surface area contributed by atoms with Crippen LogP contribution in [-0.4, -0.2) is 0 Å². The topological polar surface area (TPSA) is 32.8 Å². The van der Waals surface area contributed by atoms with Crippen molar-refractivity contribution in [3.8, 4) is 11.1 Å². The molecular formula is C65H42N2O2. The second kappa shape index (κ2) is 15.5. The molecule has 0 aliphatic heterocycles. The van der Waals surface area contributed by atoms with Gasteiger partial charge in [-0.3, -0.25) is 0 Å². The van der Waals surface area contributed by atoms with Crippen LogP contribution in [0.2, 0.25) is 0 Å². The van der Waals surface area contributed by atoms with E-state index in [0.29, 0.717) is 0 Å². The minimum atomic E-state index is -0.720. The molecule has 1 aliphatic rings. The highest BCUT2D eigenvalue weighted by Crippen LogP contribution is 2.61. The standard InChI is InChI=1S/C65H42N2O2/c1-5-19-43(20-6-1)65(44-21-7-2-8-22-44)57-41-49(66(45-23-9-3-10-24-45)47-34-37-62-55(39-47)51-28-15-17-31-60(51)68-62)33-36-54(57)64-53-30-14-13-27-50(53)59(42-58(64)65)67(46-25-11-4-12-26-46)48-35-38-63-56(40-48)52-29-16-18-32-61(52)69-63/h1-42H. The lowest BCUT2D eigenvalue weighted by Crippen LogP contribution is -2.29. The highest BCUT2D eigenvalue weighted by molar-refractivity contribution is 6.13. The summed E-state index contributed by atoms with van der Waals surface area (Å²) in [5, 5.41) is 6.73. The molecule has 4 heteroatoms. The molecule has 0 radical (unpaired) electrons. The van der Waals surface area contributed by atoms with Crippen molar-refractivity contribution < 1.29 is 8.83 Å². The monoisotopic (exact) mass is 882 g/mol. The van der Waals surface area contributed by atoms with Crippen LogP contribution >= 0.6 is 0 Å². The summed E-state index contributed by atoms with van der Waals surface area (Å²) < 4.78 is 12.7. The van der Waals surface area contributed by atoms with Gasteiger partial charge in [0.2, 0.25) is 0 Å². The minimum Gasteiger partial charge on any atom is -0.456 e. The second-order valence-electron chi connectivity index (χ2n) is 18.0. The van der Waals surface area contributed by atoms with E-state index in [1.807, 2.05) is 24.3 Å². The molecule has 1 aliphatic carbocycles. The number of hydrogen-bond acceptors (Lipinski definition) is 4. The fourth-order valence-corrected chi connectivity index (χ4v) is 11.4. The zero-order valence-corrected chi connectivity index (χ0v) is 37.5. The van der Waals surface area contributed by atoms with Gasteiger partial charge in [-0.15, -0.1) is 0 Å². The maximum Gasteiger partial charge on any atom is 0.135 e. The molecule has 0 fully saturated rings. The van der Waals surface area contributed by atoms with Gasteiger partial charge in [-0.2, -0.15) is 0 Å². The molecular weight excluding hydrogens is 841 g/mol. The molecule has 2 aromatic heterocycles. The molecule has 4 nitrogen and oxygen atoms in total. The smallest absolute Gasteiger partial charge is 0.135 e. The molecule has 11 aromatic carbocycles. The molecule has 69 heavy (non-hydrogen) atoms. The molecule has 324 valence electrons. The van der Waals surface area contributed by atoms with Gasteiger partial charge in [0.15, 0.2) is 0 Å². The molecule has 0 amide bonds. The van der Waals surface area contributed by atoms with Crippen molar-refractivity contribution in [3.05, 3.63) is 277 Å². The lowest BCUT2D eigenvalue weighted by atomic mass is 9.67. The molecule has 2 heterocycles. The first-order chi connectivity index (χ1) is 34.2. The number of benzene rings is 11. The lowest BCUT2D eigenvalue weighted by molar-refractivity contribution is 0.668. The van der Waals surface area contributed by atoms with Gasteiger partial charge in [-0.25, -0.2) is 0 Å². The van der Waals surface area contributed by atoms with Crippen LogP contribution in [0.5, 0.6) is 0 Å². The van der Waals surface area contributed by atoms with Gasteiger partial charge in [0.05, 0.1) is 11.1 Å². The number of furan rings is 2. The summed E-state index contributed by atoms with van der Waals surface area (Å²) in [5.41, 5.74) is 16.5. The Labute approximate surface area is 399 Å². The van der Waals surface area contributed by atoms with Gasteiger partial charge >= 0.3 is 0 Å². The normalized spacial score (nSPS) is 12.8. The highest BCUT2D eigenvalue weighted by Gasteiger charge is 2.48. The van der Waals surface area contributed by atoms with Crippen LogP contribution in [0.4, 0.5) is 34.1 Å². The van der Waals surface area contributed by atoms with E-state index in [-0.39, 0.29) is 0 Å². The Balaban J connectivity index is 1.07. The third kappa shape index (κ3) is 5.95. The zero-order valence-electron chi connectivity index (χ0n) is 37.5. The fourth-order valence-electron chi connectivity index (χ4n) is 11.4. The van der Waals surface area contributed by atoms with E-state index < -0.39 is 5.41 Å². The van der Waals surface area contributed by atoms with Crippen LogP contribution in [-0.2, 0) is 5.41 Å². The van der Waals surface area contributed by atoms with Crippen LogP contribution < -0.4 is 9.80 Å². The summed E-state index contributed by atoms with van der Waals surface area (Å²) in [6.45, 7) is 0. The number of rotatable bonds is 8. The maximum atomic E-state index is 6.38. The Morgan fingerprint density at radius 2 is 0.696 bits per heavy atom. The van der Waals surface area contributed by atoms with Crippen molar-refractivity contribution in [1.29, 1.82) is 0 Å². The number of nitrogens with zero attached hydrogens (tertiary/aromatic N) is 2. The van der Waals surface area contributed by atoms with Crippen LogP contribution in [0.3, 0.4) is 0 Å². The first-order valence-corrected chi connectivity index (χ1v) is 23.6. The Kier molecular flexibility index (Phi) is 8.77. The predicted octanol–water partition coefficient (Wildman–Crippen LogP) is 17.9. The van der Waals surface area contributed by atoms with Crippen molar-refractivity contribution in [2.24, 2.45) is 0 Å². The van der Waals surface area contributed by atoms with E-state index in [1.165, 1.54) is 38.8 Å². The molecule has 0 N–H and O–H groups in total. The predicted molar refractivity (Wildman–Crippen MR) is 285 cm³/mol. The van der Waals surface area contributed by atoms with E-state index >= 15 is 0 Å². The third-order valence-electron chi connectivity index (χ3n) is 14.3. The first-order valence-electron chi connectivity index (χ1n) is 23.6. The average Bonchev–Trinajstić information content (AvgIpc) is 4.08. The summed E-state index contributed by atoms with van der Waals surface area (Å²) in [6.07, 6.45) is 0. The molecule has 0 unspecified atom stereocenters. The number of fused-ring (bicyclic) bond motifs is 11. The van der Waals surface area contributed by atoms with Crippen molar-refractivity contribution >= 4 is 88.8 Å². The van der Waals surface area contributed by atoms with E-state index in [4.69, 9.17) is 8.83 Å². The maximum absolute atomic E-state index is 6.38. The van der Waals surface area contributed by atoms with Gasteiger partial charge in [-0.1, -0.05) is 164 Å². The Morgan fingerprint density at radius 3 is 1.26 bits per heavy atom. The molecule has 0 bridgehead atoms. The van der Waals surface area contributed by atoms with Crippen molar-refractivity contribution in [2.75, 3.05) is 9.80 Å². The lowest BCUT2D eigenvalue weighted by Gasteiger charge is -2.36. The van der Waals surface area contributed by atoms with E-state index in [2.05, 4.69) is 240 Å². The summed E-state index contributed by atoms with van der Waals surface area (Å²) in [4.78, 5) is 4.83. The van der Waals surface area contributed by atoms with E-state index in [1.54, 1.807) is 0 Å². The van der Waals surface area contributed by atoms with E-state index in [9.17, 15) is 0 Å². The molecule has 13 aromatic rings. The van der Waals surface area contributed by atoms with Crippen molar-refractivity contribution in [2.45, 2.75) is 5.41 Å². The molecule has 0 spiro atoms. The second-order valence-corrected chi connectivity index (χ2v) is 18.0. The van der Waals surface area contributed by atoms with Crippen LogP contribution in [0.15, 0.2) is 264 Å². The summed E-state index contributed by atoms with van der Waals surface area (Å²) in [6, 6.07) is 92.2. The fraction of sp³-hybridized carbons (Fsp3) is 0.0154. The number of hydrogen-bond donors (Lipinski definition) is 0. The quantitative estimate of drug-likeness (QED) is 0.152. The summed E-state index contributed by atoms with van der Waals surface area (Å²) in [7, 11) is 0. The number of para-hydroxylation sites is 4. The SMILES string of the molecule is c1ccc(N(c2ccc3c(c2)C(c2ccccc2)(c2ccccc2)c2cc(N(c4ccccc4)c4ccc5oc6ccccc6c5c4)c4ccccc4c2-3)c2ccc3oc4ccccc4c3c2)cc1. The summed E-state index contributed by atoms with van der Waals surface area (Å²) in [5.74, 6) is 0. The van der Waals surface area contributed by atoms with Crippen LogP contribution in [0.25, 0.3) is 65.8 Å². The minimum absolute atomic E-state index is 0.720. The van der Waals surface area contributed by atoms with Gasteiger partial charge in [0, 0.05) is 55.4 Å². The van der Waals surface area contributed by atoms with Gasteiger partial charge in [-0.05, 0) is 130 Å². The molecule has 0 atom stereocenters. The van der Waals surface area contributed by atoms with Crippen molar-refractivity contribution in [1.82, 2.24) is 0 Å². The van der Waals surface area contributed by atoms with Gasteiger partial charge in [0.1, 0.15) is 22.3 Å². The van der Waals surface area contributed by atoms with Gasteiger partial charge < -0.3 is 18.6 Å².